The molecule has 0 heterocycles. The molecule has 11 heavy (non-hydrogen) atoms. The van der Waals surface area contributed by atoms with E-state index in [1.807, 2.05) is 6.92 Å². The fraction of sp³-hybridized carbons (Fsp3) is 0.571. The van der Waals surface area contributed by atoms with Crippen LogP contribution in [-0.2, 0) is 31.4 Å². The van der Waals surface area contributed by atoms with Gasteiger partial charge in [0.15, 0.2) is 0 Å². The number of carbonyl (C=O) groups excluding carboxylic acids is 1. The maximum absolute atomic E-state index is 10.3. The van der Waals surface area contributed by atoms with Gasteiger partial charge in [0.2, 0.25) is 0 Å². The Bertz CT molecular complexity index is 114. The van der Waals surface area contributed by atoms with Crippen LogP contribution in [0.25, 0.3) is 0 Å². The molecule has 0 aliphatic rings. The monoisotopic (exact) mass is 208 g/mol. The van der Waals surface area contributed by atoms with Gasteiger partial charge < -0.3 is 4.74 Å². The Hall–Kier alpha value is -0.367. The zero-order valence-electron chi connectivity index (χ0n) is 6.84. The number of hydrogen-bond donors (Lipinski definition) is 0. The van der Waals surface area contributed by atoms with E-state index < -0.39 is 0 Å². The Morgan fingerprint density at radius 3 is 2.55 bits per heavy atom. The Kier molecular flexibility index (Phi) is 14.8. The molecule has 0 aromatic rings. The average Bonchev–Trinajstić information content (AvgIpc) is 2.08. The summed E-state index contributed by atoms with van der Waals surface area (Å²) in [5.41, 5.74) is 0. The number of carbonyl (C=O) groups is 1. The van der Waals surface area contributed by atoms with Crippen molar-refractivity contribution in [1.82, 2.24) is 0 Å². The van der Waals surface area contributed by atoms with Gasteiger partial charge in [-0.2, -0.15) is 0 Å². The molecule has 0 aliphatic heterocycles. The molecular weight excluding hydrogens is 197 g/mol. The first-order valence-corrected chi connectivity index (χ1v) is 4.60. The van der Waals surface area contributed by atoms with Crippen molar-refractivity contribution in [3.8, 4) is 0 Å². The molecule has 0 rings (SSSR count). The van der Waals surface area contributed by atoms with Crippen LogP contribution in [0, 0.1) is 0 Å². The molecule has 0 saturated heterocycles. The normalized spacial score (nSPS) is 7.55. The summed E-state index contributed by atoms with van der Waals surface area (Å²) in [6, 6.07) is 0. The number of rotatable bonds is 4. The quantitative estimate of drug-likeness (QED) is 0.304. The van der Waals surface area contributed by atoms with E-state index in [4.69, 9.17) is 3.57 Å². The molecule has 0 fully saturated rings. The van der Waals surface area contributed by atoms with Crippen molar-refractivity contribution in [3.63, 3.8) is 0 Å². The Balaban J connectivity index is 0. The minimum atomic E-state index is -0.330. The molecular formula is C7H12O3Zn. The molecule has 0 aliphatic carbocycles. The second-order valence-corrected chi connectivity index (χ2v) is 1.73. The topological polar surface area (TPSA) is 43.4 Å². The van der Waals surface area contributed by atoms with Gasteiger partial charge >= 0.3 is 27.8 Å². The van der Waals surface area contributed by atoms with Gasteiger partial charge in [-0.05, 0) is 6.42 Å². The fourth-order valence-electron chi connectivity index (χ4n) is 0.376. The number of hydrogen-bond acceptors (Lipinski definition) is 3. The average molecular weight is 210 g/mol. The van der Waals surface area contributed by atoms with Gasteiger partial charge in [0.1, 0.15) is 0 Å². The Morgan fingerprint density at radius 1 is 1.64 bits per heavy atom. The summed E-state index contributed by atoms with van der Waals surface area (Å²) in [5, 5.41) is 0. The van der Waals surface area contributed by atoms with E-state index in [1.54, 1.807) is 0 Å². The summed E-state index contributed by atoms with van der Waals surface area (Å²) in [6.07, 6.45) is 3.15. The van der Waals surface area contributed by atoms with E-state index in [2.05, 4.69) is 11.3 Å². The molecule has 3 nitrogen and oxygen atoms in total. The van der Waals surface area contributed by atoms with Crippen LogP contribution in [0.5, 0.6) is 0 Å². The van der Waals surface area contributed by atoms with Crippen LogP contribution >= 0.6 is 0 Å². The molecule has 4 heteroatoms. The molecule has 60 valence electrons. The van der Waals surface area contributed by atoms with E-state index in [0.29, 0.717) is 6.61 Å². The van der Waals surface area contributed by atoms with Crippen molar-refractivity contribution in [1.29, 1.82) is 0 Å². The van der Waals surface area contributed by atoms with E-state index in [1.165, 1.54) is 6.08 Å². The van der Waals surface area contributed by atoms with Gasteiger partial charge in [0, 0.05) is 6.08 Å². The van der Waals surface area contributed by atoms with Crippen LogP contribution in [0.2, 0.25) is 0 Å². The summed E-state index contributed by atoms with van der Waals surface area (Å²) in [6.45, 7) is 5.82. The predicted molar refractivity (Wildman–Crippen MR) is 36.8 cm³/mol. The summed E-state index contributed by atoms with van der Waals surface area (Å²) in [5.74, 6) is -0.330. The second kappa shape index (κ2) is 12.3. The van der Waals surface area contributed by atoms with Gasteiger partial charge in [-0.1, -0.05) is 19.9 Å². The molecule has 0 spiro atoms. The summed E-state index contributed by atoms with van der Waals surface area (Å²) in [7, 11) is 0. The second-order valence-electron chi connectivity index (χ2n) is 1.73. The fourth-order valence-corrected chi connectivity index (χ4v) is 0.376. The first-order chi connectivity index (χ1) is 5.31. The van der Waals surface area contributed by atoms with Crippen molar-refractivity contribution in [2.24, 2.45) is 0 Å². The third-order valence-corrected chi connectivity index (χ3v) is 0.909. The molecule has 0 bridgehead atoms. The van der Waals surface area contributed by atoms with Crippen molar-refractivity contribution >= 4 is 5.97 Å². The molecule has 0 radical (unpaired) electrons. The van der Waals surface area contributed by atoms with Crippen LogP contribution < -0.4 is 0 Å². The van der Waals surface area contributed by atoms with Gasteiger partial charge in [0.25, 0.3) is 0 Å². The maximum atomic E-state index is 10.3. The molecule has 0 aromatic carbocycles. The zero-order chi connectivity index (χ0) is 9.11. The first-order valence-electron chi connectivity index (χ1n) is 3.39. The zero-order valence-corrected chi connectivity index (χ0v) is 9.80. The summed E-state index contributed by atoms with van der Waals surface area (Å²) in [4.78, 5) is 10.3. The molecule has 0 saturated carbocycles. The van der Waals surface area contributed by atoms with Crippen molar-refractivity contribution in [2.45, 2.75) is 19.8 Å². The summed E-state index contributed by atoms with van der Waals surface area (Å²) < 4.78 is 13.0. The summed E-state index contributed by atoms with van der Waals surface area (Å²) >= 11 is 0.125. The van der Waals surface area contributed by atoms with E-state index in [-0.39, 0.29) is 24.2 Å². The third-order valence-electron chi connectivity index (χ3n) is 0.909. The van der Waals surface area contributed by atoms with Gasteiger partial charge in [-0.25, -0.2) is 4.79 Å². The Morgan fingerprint density at radius 2 is 2.18 bits per heavy atom. The Labute approximate surface area is 76.8 Å². The van der Waals surface area contributed by atoms with E-state index >= 15 is 0 Å². The SMILES string of the molecule is C=CC(=O)OCCCC.[O]=[Zn]. The van der Waals surface area contributed by atoms with Gasteiger partial charge in [-0.15, -0.1) is 0 Å². The standard InChI is InChI=1S/C7H12O2.O.Zn/c1-3-5-6-9-7(8)4-2;;/h4H,2-3,5-6H2,1H3;;. The molecule has 0 N–H and O–H groups in total. The minimum absolute atomic E-state index is 0.125. The molecule has 0 aromatic heterocycles. The number of ether oxygens (including phenoxy) is 1. The number of unbranched alkanes of at least 4 members (excludes halogenated alkanes) is 1. The van der Waals surface area contributed by atoms with Crippen molar-refractivity contribution < 1.29 is 31.4 Å². The molecule has 0 amide bonds. The van der Waals surface area contributed by atoms with Gasteiger partial charge in [-0.3, -0.25) is 0 Å². The molecule has 0 atom stereocenters. The van der Waals surface area contributed by atoms with Crippen LogP contribution in [0.15, 0.2) is 12.7 Å². The van der Waals surface area contributed by atoms with Crippen LogP contribution in [-0.4, -0.2) is 12.6 Å². The predicted octanol–water partition coefficient (Wildman–Crippen LogP) is 1.39. The molecule has 0 unspecified atom stereocenters. The van der Waals surface area contributed by atoms with Crippen LogP contribution in [0.4, 0.5) is 0 Å². The van der Waals surface area contributed by atoms with Crippen molar-refractivity contribution in [3.05, 3.63) is 12.7 Å². The van der Waals surface area contributed by atoms with Crippen molar-refractivity contribution in [2.75, 3.05) is 6.61 Å². The van der Waals surface area contributed by atoms with E-state index in [0.717, 1.165) is 12.8 Å². The van der Waals surface area contributed by atoms with Crippen LogP contribution in [0.1, 0.15) is 19.8 Å². The van der Waals surface area contributed by atoms with Crippen LogP contribution in [0.3, 0.4) is 0 Å². The number of esters is 1. The van der Waals surface area contributed by atoms with Gasteiger partial charge in [0.05, 0.1) is 6.61 Å². The first kappa shape index (κ1) is 13.2. The third kappa shape index (κ3) is 12.8. The van der Waals surface area contributed by atoms with E-state index in [9.17, 15) is 4.79 Å².